The molecule has 154 valence electrons. The summed E-state index contributed by atoms with van der Waals surface area (Å²) < 4.78 is 44.7. The number of alkyl halides is 3. The highest BCUT2D eigenvalue weighted by Gasteiger charge is 2.33. The highest BCUT2D eigenvalue weighted by molar-refractivity contribution is 6.04. The maximum Gasteiger partial charge on any atom is 0.435 e. The maximum atomic E-state index is 12.7. The van der Waals surface area contributed by atoms with Crippen LogP contribution in [0.3, 0.4) is 0 Å². The van der Waals surface area contributed by atoms with Crippen molar-refractivity contribution in [2.45, 2.75) is 19.0 Å². The molecular weight excluding hydrogens is 399 g/mol. The first-order valence-electron chi connectivity index (χ1n) is 8.88. The number of ether oxygens (including phenoxy) is 1. The fourth-order valence-corrected chi connectivity index (χ4v) is 2.50. The minimum absolute atomic E-state index is 0.227. The van der Waals surface area contributed by atoms with Crippen LogP contribution in [-0.4, -0.2) is 27.3 Å². The molecule has 1 N–H and O–H groups in total. The summed E-state index contributed by atoms with van der Waals surface area (Å²) >= 11 is 0. The molecule has 10 heteroatoms. The van der Waals surface area contributed by atoms with E-state index < -0.39 is 17.8 Å². The van der Waals surface area contributed by atoms with Crippen LogP contribution >= 0.6 is 0 Å². The molecule has 0 aliphatic carbocycles. The Balaban J connectivity index is 1.68. The van der Waals surface area contributed by atoms with E-state index in [1.165, 1.54) is 36.7 Å². The number of hydrogen-bond donors (Lipinski definition) is 1. The van der Waals surface area contributed by atoms with Gasteiger partial charge in [-0.3, -0.25) is 4.79 Å². The molecule has 0 bridgehead atoms. The number of carbonyl (C=O) groups excluding carboxylic acids is 1. The van der Waals surface area contributed by atoms with E-state index in [2.05, 4.69) is 15.4 Å². The molecule has 0 atom stereocenters. The van der Waals surface area contributed by atoms with Gasteiger partial charge < -0.3 is 10.1 Å². The average Bonchev–Trinajstić information content (AvgIpc) is 3.23. The fraction of sp³-hybridized carbons (Fsp3) is 0.200. The Bertz CT molecular complexity index is 1060. The number of benzene rings is 1. The third-order valence-corrected chi connectivity index (χ3v) is 3.97. The number of halogens is 3. The topological polar surface area (TPSA) is 92.8 Å². The van der Waals surface area contributed by atoms with Gasteiger partial charge in [0, 0.05) is 24.4 Å². The largest absolute Gasteiger partial charge is 0.490 e. The van der Waals surface area contributed by atoms with Gasteiger partial charge in [0.25, 0.3) is 5.91 Å². The third kappa shape index (κ3) is 5.14. The summed E-state index contributed by atoms with van der Waals surface area (Å²) in [5.74, 6) is 0.139. The lowest BCUT2D eigenvalue weighted by Crippen LogP contribution is -2.14. The number of anilines is 1. The van der Waals surface area contributed by atoms with Crippen LogP contribution in [0, 0.1) is 11.3 Å². The lowest BCUT2D eigenvalue weighted by molar-refractivity contribution is -0.141. The van der Waals surface area contributed by atoms with E-state index in [0.29, 0.717) is 30.9 Å². The van der Waals surface area contributed by atoms with E-state index in [4.69, 9.17) is 10.00 Å². The molecule has 7 nitrogen and oxygen atoms in total. The Hall–Kier alpha value is -3.87. The molecular formula is C20H16F3N5O2. The number of nitrogens with zero attached hydrogens (tertiary/aromatic N) is 4. The third-order valence-electron chi connectivity index (χ3n) is 3.97. The molecule has 0 aliphatic heterocycles. The minimum Gasteiger partial charge on any atom is -0.490 e. The number of hydrogen-bond acceptors (Lipinski definition) is 5. The number of aromatic nitrogens is 3. The molecule has 0 aliphatic rings. The molecule has 0 saturated heterocycles. The van der Waals surface area contributed by atoms with Crippen molar-refractivity contribution in [3.63, 3.8) is 0 Å². The normalized spacial score (nSPS) is 11.0. The zero-order chi connectivity index (χ0) is 21.6. The van der Waals surface area contributed by atoms with Crippen LogP contribution < -0.4 is 10.1 Å². The quantitative estimate of drug-likeness (QED) is 0.583. The van der Waals surface area contributed by atoms with E-state index in [1.54, 1.807) is 12.1 Å². The first-order chi connectivity index (χ1) is 14.4. The molecule has 0 spiro atoms. The van der Waals surface area contributed by atoms with E-state index in [-0.39, 0.29) is 11.4 Å². The minimum atomic E-state index is -4.53. The molecule has 0 saturated carbocycles. The smallest absolute Gasteiger partial charge is 0.435 e. The van der Waals surface area contributed by atoms with Gasteiger partial charge in [0.1, 0.15) is 0 Å². The van der Waals surface area contributed by atoms with E-state index in [1.807, 2.05) is 6.07 Å². The van der Waals surface area contributed by atoms with Crippen LogP contribution in [0.1, 0.15) is 28.9 Å². The second kappa shape index (κ2) is 9.09. The number of nitriles is 1. The summed E-state index contributed by atoms with van der Waals surface area (Å²) in [6, 6.07) is 12.1. The van der Waals surface area contributed by atoms with Gasteiger partial charge in [0.05, 0.1) is 18.4 Å². The Morgan fingerprint density at radius 2 is 1.97 bits per heavy atom. The predicted molar refractivity (Wildman–Crippen MR) is 101 cm³/mol. The van der Waals surface area contributed by atoms with Crippen LogP contribution in [0.5, 0.6) is 5.75 Å². The molecule has 0 fully saturated rings. The van der Waals surface area contributed by atoms with Gasteiger partial charge in [-0.15, -0.1) is 0 Å². The van der Waals surface area contributed by atoms with E-state index in [0.717, 1.165) is 10.7 Å². The van der Waals surface area contributed by atoms with Crippen molar-refractivity contribution in [1.82, 2.24) is 14.8 Å². The molecule has 1 amide bonds. The van der Waals surface area contributed by atoms with Crippen LogP contribution in [-0.2, 0) is 6.18 Å². The molecule has 3 rings (SSSR count). The lowest BCUT2D eigenvalue weighted by atomic mass is 10.2. The van der Waals surface area contributed by atoms with Gasteiger partial charge >= 0.3 is 6.18 Å². The van der Waals surface area contributed by atoms with Gasteiger partial charge in [0.2, 0.25) is 0 Å². The van der Waals surface area contributed by atoms with Gasteiger partial charge in [0.15, 0.2) is 17.3 Å². The summed E-state index contributed by atoms with van der Waals surface area (Å²) in [6.07, 6.45) is -0.931. The van der Waals surface area contributed by atoms with Gasteiger partial charge in [-0.1, -0.05) is 0 Å². The van der Waals surface area contributed by atoms with E-state index >= 15 is 0 Å². The van der Waals surface area contributed by atoms with Crippen molar-refractivity contribution in [2.75, 3.05) is 11.9 Å². The van der Waals surface area contributed by atoms with Crippen molar-refractivity contribution < 1.29 is 22.7 Å². The summed E-state index contributed by atoms with van der Waals surface area (Å²) in [4.78, 5) is 16.6. The fourth-order valence-electron chi connectivity index (χ4n) is 2.50. The predicted octanol–water partition coefficient (Wildman–Crippen LogP) is 4.22. The van der Waals surface area contributed by atoms with Crippen LogP contribution in [0.4, 0.5) is 19.0 Å². The summed E-state index contributed by atoms with van der Waals surface area (Å²) in [7, 11) is 0. The van der Waals surface area contributed by atoms with E-state index in [9.17, 15) is 18.0 Å². The van der Waals surface area contributed by atoms with Crippen LogP contribution in [0.25, 0.3) is 5.69 Å². The first-order valence-corrected chi connectivity index (χ1v) is 8.88. The highest BCUT2D eigenvalue weighted by Crippen LogP contribution is 2.28. The van der Waals surface area contributed by atoms with Gasteiger partial charge in [-0.2, -0.15) is 23.5 Å². The van der Waals surface area contributed by atoms with Crippen molar-refractivity contribution >= 4 is 11.7 Å². The molecule has 0 radical (unpaired) electrons. The summed E-state index contributed by atoms with van der Waals surface area (Å²) in [5, 5.41) is 14.7. The molecule has 0 unspecified atom stereocenters. The molecule has 2 aromatic heterocycles. The Kier molecular flexibility index (Phi) is 6.32. The zero-order valence-corrected chi connectivity index (χ0v) is 15.6. The molecule has 30 heavy (non-hydrogen) atoms. The summed E-state index contributed by atoms with van der Waals surface area (Å²) in [5.41, 5.74) is -0.341. The van der Waals surface area contributed by atoms with Crippen LogP contribution in [0.2, 0.25) is 0 Å². The van der Waals surface area contributed by atoms with Gasteiger partial charge in [-0.25, -0.2) is 9.67 Å². The summed E-state index contributed by atoms with van der Waals surface area (Å²) in [6.45, 7) is 0.306. The standard InChI is InChI=1S/C20H16F3N5O2/c21-20(22,23)17-9-12-28(27-17)15-7-5-14(6-8-15)19(29)26-18-16(4-3-11-25-18)30-13-2-1-10-24/h3-9,11-12H,1-2,13H2,(H,25,26,29). The average molecular weight is 415 g/mol. The molecule has 2 heterocycles. The van der Waals surface area contributed by atoms with Gasteiger partial charge in [-0.05, 0) is 48.9 Å². The van der Waals surface area contributed by atoms with Crippen LogP contribution in [0.15, 0.2) is 54.9 Å². The van der Waals surface area contributed by atoms with Crippen molar-refractivity contribution in [1.29, 1.82) is 5.26 Å². The number of carbonyl (C=O) groups is 1. The Morgan fingerprint density at radius 1 is 1.20 bits per heavy atom. The monoisotopic (exact) mass is 415 g/mol. The number of amides is 1. The Morgan fingerprint density at radius 3 is 2.63 bits per heavy atom. The second-order valence-electron chi connectivity index (χ2n) is 6.10. The Labute approximate surface area is 169 Å². The highest BCUT2D eigenvalue weighted by atomic mass is 19.4. The van der Waals surface area contributed by atoms with Crippen molar-refractivity contribution in [3.8, 4) is 17.5 Å². The lowest BCUT2D eigenvalue weighted by Gasteiger charge is -2.11. The number of unbranched alkanes of at least 4 members (excludes halogenated alkanes) is 1. The SMILES string of the molecule is N#CCCCOc1cccnc1NC(=O)c1ccc(-n2ccc(C(F)(F)F)n2)cc1. The first kappa shape index (κ1) is 20.9. The zero-order valence-electron chi connectivity index (χ0n) is 15.6. The number of pyridine rings is 1. The maximum absolute atomic E-state index is 12.7. The number of rotatable bonds is 7. The molecule has 1 aromatic carbocycles. The molecule has 3 aromatic rings. The van der Waals surface area contributed by atoms with Crippen molar-refractivity contribution in [3.05, 3.63) is 66.1 Å². The number of nitrogens with one attached hydrogen (secondary N) is 1. The second-order valence-corrected chi connectivity index (χ2v) is 6.10. The van der Waals surface area contributed by atoms with Crippen molar-refractivity contribution in [2.24, 2.45) is 0 Å².